The molecule has 0 saturated heterocycles. The van der Waals surface area contributed by atoms with Crippen LogP contribution in [-0.4, -0.2) is 15.2 Å². The number of H-pyrrole nitrogens is 1. The SMILES string of the molecule is Cc1nc(-c2cccc(F)c2F)n[nH]1. The molecule has 1 heterocycles. The molecule has 0 bridgehead atoms. The van der Waals surface area contributed by atoms with E-state index in [1.165, 1.54) is 12.1 Å². The van der Waals surface area contributed by atoms with Gasteiger partial charge in [0, 0.05) is 0 Å². The molecule has 0 amide bonds. The third-order valence-corrected chi connectivity index (χ3v) is 1.79. The Morgan fingerprint density at radius 3 is 2.71 bits per heavy atom. The van der Waals surface area contributed by atoms with Crippen LogP contribution in [0.25, 0.3) is 11.4 Å². The lowest BCUT2D eigenvalue weighted by molar-refractivity contribution is 0.510. The van der Waals surface area contributed by atoms with Crippen molar-refractivity contribution in [1.82, 2.24) is 15.2 Å². The van der Waals surface area contributed by atoms with Gasteiger partial charge in [0.15, 0.2) is 17.5 Å². The van der Waals surface area contributed by atoms with E-state index >= 15 is 0 Å². The first-order valence-electron chi connectivity index (χ1n) is 4.02. The highest BCUT2D eigenvalue weighted by molar-refractivity contribution is 5.55. The quantitative estimate of drug-likeness (QED) is 0.756. The maximum atomic E-state index is 13.2. The summed E-state index contributed by atoms with van der Waals surface area (Å²) in [4.78, 5) is 3.91. The molecule has 2 rings (SSSR count). The maximum absolute atomic E-state index is 13.2. The lowest BCUT2D eigenvalue weighted by Gasteiger charge is -1.97. The Morgan fingerprint density at radius 2 is 2.07 bits per heavy atom. The van der Waals surface area contributed by atoms with Crippen molar-refractivity contribution in [2.24, 2.45) is 0 Å². The van der Waals surface area contributed by atoms with Crippen LogP contribution >= 0.6 is 0 Å². The second-order valence-corrected chi connectivity index (χ2v) is 2.85. The fourth-order valence-corrected chi connectivity index (χ4v) is 1.14. The van der Waals surface area contributed by atoms with Gasteiger partial charge < -0.3 is 0 Å². The van der Waals surface area contributed by atoms with Crippen molar-refractivity contribution in [3.8, 4) is 11.4 Å². The van der Waals surface area contributed by atoms with Gasteiger partial charge in [-0.1, -0.05) is 6.07 Å². The third kappa shape index (κ3) is 1.37. The van der Waals surface area contributed by atoms with Gasteiger partial charge in [0.1, 0.15) is 5.82 Å². The Balaban J connectivity index is 2.57. The summed E-state index contributed by atoms with van der Waals surface area (Å²) in [5, 5.41) is 6.31. The summed E-state index contributed by atoms with van der Waals surface area (Å²) in [6, 6.07) is 3.90. The van der Waals surface area contributed by atoms with Crippen LogP contribution in [-0.2, 0) is 0 Å². The number of nitrogens with zero attached hydrogens (tertiary/aromatic N) is 2. The zero-order valence-corrected chi connectivity index (χ0v) is 7.38. The normalized spacial score (nSPS) is 10.5. The molecule has 0 radical (unpaired) electrons. The number of hydrogen-bond acceptors (Lipinski definition) is 2. The first kappa shape index (κ1) is 8.80. The van der Waals surface area contributed by atoms with E-state index in [1.807, 2.05) is 0 Å². The molecule has 0 unspecified atom stereocenters. The molecule has 0 aliphatic heterocycles. The zero-order valence-electron chi connectivity index (χ0n) is 7.38. The predicted molar refractivity (Wildman–Crippen MR) is 46.5 cm³/mol. The van der Waals surface area contributed by atoms with Crippen LogP contribution in [0.3, 0.4) is 0 Å². The summed E-state index contributed by atoms with van der Waals surface area (Å²) in [7, 11) is 0. The van der Waals surface area contributed by atoms with E-state index in [1.54, 1.807) is 6.92 Å². The highest BCUT2D eigenvalue weighted by Crippen LogP contribution is 2.20. The van der Waals surface area contributed by atoms with Crippen LogP contribution in [0.5, 0.6) is 0 Å². The molecule has 1 aromatic carbocycles. The van der Waals surface area contributed by atoms with Crippen LogP contribution in [0.2, 0.25) is 0 Å². The summed E-state index contributed by atoms with van der Waals surface area (Å²) in [6.45, 7) is 1.69. The molecule has 5 heteroatoms. The lowest BCUT2D eigenvalue weighted by atomic mass is 10.2. The van der Waals surface area contributed by atoms with Crippen molar-refractivity contribution in [3.63, 3.8) is 0 Å². The summed E-state index contributed by atoms with van der Waals surface area (Å²) in [6.07, 6.45) is 0. The fourth-order valence-electron chi connectivity index (χ4n) is 1.14. The van der Waals surface area contributed by atoms with E-state index in [4.69, 9.17) is 0 Å². The average molecular weight is 195 g/mol. The summed E-state index contributed by atoms with van der Waals surface area (Å²) >= 11 is 0. The number of benzene rings is 1. The van der Waals surface area contributed by atoms with Gasteiger partial charge in [-0.05, 0) is 19.1 Å². The van der Waals surface area contributed by atoms with Crippen molar-refractivity contribution in [1.29, 1.82) is 0 Å². The van der Waals surface area contributed by atoms with Gasteiger partial charge in [0.2, 0.25) is 0 Å². The van der Waals surface area contributed by atoms with Crippen molar-refractivity contribution in [2.75, 3.05) is 0 Å². The van der Waals surface area contributed by atoms with Gasteiger partial charge in [0.05, 0.1) is 5.56 Å². The fraction of sp³-hybridized carbons (Fsp3) is 0.111. The number of hydrogen-bond donors (Lipinski definition) is 1. The van der Waals surface area contributed by atoms with Crippen molar-refractivity contribution >= 4 is 0 Å². The number of nitrogens with one attached hydrogen (secondary N) is 1. The number of halogens is 2. The van der Waals surface area contributed by atoms with E-state index in [2.05, 4.69) is 15.2 Å². The van der Waals surface area contributed by atoms with Crippen LogP contribution in [0.4, 0.5) is 8.78 Å². The summed E-state index contributed by atoms with van der Waals surface area (Å²) < 4.78 is 26.1. The molecule has 72 valence electrons. The van der Waals surface area contributed by atoms with E-state index in [0.29, 0.717) is 5.82 Å². The molecule has 0 fully saturated rings. The standard InChI is InChI=1S/C9H7F2N3/c1-5-12-9(14-13-5)6-3-2-4-7(10)8(6)11/h2-4H,1H3,(H,12,13,14). The molecular formula is C9H7F2N3. The number of aryl methyl sites for hydroxylation is 1. The molecular weight excluding hydrogens is 188 g/mol. The molecule has 0 saturated carbocycles. The number of aromatic nitrogens is 3. The highest BCUT2D eigenvalue weighted by Gasteiger charge is 2.12. The van der Waals surface area contributed by atoms with Crippen LogP contribution < -0.4 is 0 Å². The minimum Gasteiger partial charge on any atom is -0.263 e. The Bertz CT molecular complexity index is 465. The van der Waals surface area contributed by atoms with Gasteiger partial charge in [-0.2, -0.15) is 5.10 Å². The summed E-state index contributed by atoms with van der Waals surface area (Å²) in [5.74, 6) is -1.10. The molecule has 0 spiro atoms. The minimum absolute atomic E-state index is 0.0642. The van der Waals surface area contributed by atoms with Gasteiger partial charge in [-0.3, -0.25) is 5.10 Å². The monoisotopic (exact) mass is 195 g/mol. The van der Waals surface area contributed by atoms with Crippen LogP contribution in [0.15, 0.2) is 18.2 Å². The first-order chi connectivity index (χ1) is 6.68. The van der Waals surface area contributed by atoms with Gasteiger partial charge in [-0.25, -0.2) is 13.8 Å². The molecule has 1 aromatic heterocycles. The maximum Gasteiger partial charge on any atom is 0.184 e. The second kappa shape index (κ2) is 3.17. The van der Waals surface area contributed by atoms with Gasteiger partial charge in [0.25, 0.3) is 0 Å². The minimum atomic E-state index is -0.925. The van der Waals surface area contributed by atoms with Crippen molar-refractivity contribution in [2.45, 2.75) is 6.92 Å². The average Bonchev–Trinajstić information content (AvgIpc) is 2.57. The Labute approximate surface area is 78.8 Å². The largest absolute Gasteiger partial charge is 0.263 e. The smallest absolute Gasteiger partial charge is 0.184 e. The van der Waals surface area contributed by atoms with E-state index in [0.717, 1.165) is 6.07 Å². The summed E-state index contributed by atoms with van der Waals surface area (Å²) in [5.41, 5.74) is 0.0642. The number of rotatable bonds is 1. The van der Waals surface area contributed by atoms with Gasteiger partial charge >= 0.3 is 0 Å². The molecule has 3 nitrogen and oxygen atoms in total. The Kier molecular flexibility index (Phi) is 1.99. The van der Waals surface area contributed by atoms with Crippen molar-refractivity contribution < 1.29 is 8.78 Å². The molecule has 14 heavy (non-hydrogen) atoms. The predicted octanol–water partition coefficient (Wildman–Crippen LogP) is 2.06. The zero-order chi connectivity index (χ0) is 10.1. The van der Waals surface area contributed by atoms with E-state index in [9.17, 15) is 8.78 Å². The lowest BCUT2D eigenvalue weighted by Crippen LogP contribution is -1.90. The van der Waals surface area contributed by atoms with Gasteiger partial charge in [-0.15, -0.1) is 0 Å². The molecule has 0 atom stereocenters. The molecule has 0 aliphatic rings. The molecule has 2 aromatic rings. The van der Waals surface area contributed by atoms with E-state index < -0.39 is 11.6 Å². The van der Waals surface area contributed by atoms with Crippen molar-refractivity contribution in [3.05, 3.63) is 35.7 Å². The van der Waals surface area contributed by atoms with Crippen LogP contribution in [0.1, 0.15) is 5.82 Å². The first-order valence-corrected chi connectivity index (χ1v) is 4.02. The topological polar surface area (TPSA) is 41.6 Å². The third-order valence-electron chi connectivity index (χ3n) is 1.79. The second-order valence-electron chi connectivity index (χ2n) is 2.85. The Morgan fingerprint density at radius 1 is 1.29 bits per heavy atom. The molecule has 1 N–H and O–H groups in total. The Hall–Kier alpha value is -1.78. The van der Waals surface area contributed by atoms with Crippen LogP contribution in [0, 0.1) is 18.6 Å². The number of aromatic amines is 1. The highest BCUT2D eigenvalue weighted by atomic mass is 19.2. The van der Waals surface area contributed by atoms with E-state index in [-0.39, 0.29) is 11.4 Å². The molecule has 0 aliphatic carbocycles.